The number of hydrogen-bond donors (Lipinski definition) is 0. The Labute approximate surface area is 103 Å². The van der Waals surface area contributed by atoms with Crippen molar-refractivity contribution >= 4 is 0 Å². The summed E-state index contributed by atoms with van der Waals surface area (Å²) in [6, 6.07) is 12.9. The Kier molecular flexibility index (Phi) is 2.91. The molecule has 1 aliphatic carbocycles. The van der Waals surface area contributed by atoms with Gasteiger partial charge in [0.05, 0.1) is 0 Å². The number of pyridine rings is 1. The van der Waals surface area contributed by atoms with Crippen LogP contribution >= 0.6 is 0 Å². The van der Waals surface area contributed by atoms with Crippen molar-refractivity contribution in [2.45, 2.75) is 32.1 Å². The summed E-state index contributed by atoms with van der Waals surface area (Å²) < 4.78 is 0. The lowest BCUT2D eigenvalue weighted by Gasteiger charge is -2.15. The molecule has 3 rings (SSSR count). The lowest BCUT2D eigenvalue weighted by molar-refractivity contribution is 0.680. The average Bonchev–Trinajstić information content (AvgIpc) is 2.40. The van der Waals surface area contributed by atoms with Crippen LogP contribution in [0.1, 0.15) is 35.2 Å². The molecule has 0 atom stereocenters. The lowest BCUT2D eigenvalue weighted by Crippen LogP contribution is -2.05. The lowest BCUT2D eigenvalue weighted by atomic mass is 9.92. The van der Waals surface area contributed by atoms with Crippen molar-refractivity contribution in [3.8, 4) is 0 Å². The van der Waals surface area contributed by atoms with Crippen molar-refractivity contribution in [2.24, 2.45) is 0 Å². The number of aromatic nitrogens is 1. The van der Waals surface area contributed by atoms with E-state index in [2.05, 4.69) is 47.6 Å². The van der Waals surface area contributed by atoms with Gasteiger partial charge in [0.1, 0.15) is 0 Å². The molecule has 0 unspecified atom stereocenters. The second-order valence-electron chi connectivity index (χ2n) is 4.81. The van der Waals surface area contributed by atoms with E-state index in [9.17, 15) is 0 Å². The molecular weight excluding hydrogens is 206 g/mol. The molecule has 0 amide bonds. The predicted molar refractivity (Wildman–Crippen MR) is 70.1 cm³/mol. The summed E-state index contributed by atoms with van der Waals surface area (Å²) in [7, 11) is 0. The second kappa shape index (κ2) is 4.70. The van der Waals surface area contributed by atoms with Gasteiger partial charge in [0, 0.05) is 18.3 Å². The molecule has 0 aliphatic heterocycles. The van der Waals surface area contributed by atoms with E-state index >= 15 is 0 Å². The van der Waals surface area contributed by atoms with Crippen molar-refractivity contribution in [1.82, 2.24) is 4.98 Å². The molecule has 0 saturated heterocycles. The standard InChI is InChI=1S/C16H17N/c1-2-6-13(7-3-1)10-16-11-14-8-4-5-9-15(14)12-17-16/h1-3,6-7,11-12H,4-5,8-10H2. The molecule has 1 aromatic heterocycles. The van der Waals surface area contributed by atoms with Crippen LogP contribution < -0.4 is 0 Å². The molecule has 1 aliphatic rings. The van der Waals surface area contributed by atoms with Crippen LogP contribution in [-0.2, 0) is 19.3 Å². The maximum atomic E-state index is 4.59. The SMILES string of the molecule is c1ccc(Cc2cc3c(cn2)CCCC3)cc1. The molecule has 0 radical (unpaired) electrons. The summed E-state index contributed by atoms with van der Waals surface area (Å²) >= 11 is 0. The Bertz CT molecular complexity index is 502. The zero-order valence-corrected chi connectivity index (χ0v) is 10.0. The van der Waals surface area contributed by atoms with E-state index in [4.69, 9.17) is 0 Å². The number of aryl methyl sites for hydroxylation is 2. The van der Waals surface area contributed by atoms with Crippen LogP contribution in [0.3, 0.4) is 0 Å². The van der Waals surface area contributed by atoms with Gasteiger partial charge in [-0.2, -0.15) is 0 Å². The van der Waals surface area contributed by atoms with Gasteiger partial charge in [0.15, 0.2) is 0 Å². The molecule has 0 fully saturated rings. The Balaban J connectivity index is 1.84. The summed E-state index contributed by atoms with van der Waals surface area (Å²) in [5.74, 6) is 0. The van der Waals surface area contributed by atoms with Gasteiger partial charge in [-0.3, -0.25) is 4.98 Å². The Morgan fingerprint density at radius 3 is 2.53 bits per heavy atom. The molecule has 0 saturated carbocycles. The molecule has 1 heteroatoms. The van der Waals surface area contributed by atoms with Crippen molar-refractivity contribution < 1.29 is 0 Å². The quantitative estimate of drug-likeness (QED) is 0.758. The van der Waals surface area contributed by atoms with Crippen molar-refractivity contribution in [1.29, 1.82) is 0 Å². The third-order valence-electron chi connectivity index (χ3n) is 3.51. The fourth-order valence-electron chi connectivity index (χ4n) is 2.57. The van der Waals surface area contributed by atoms with Crippen LogP contribution in [-0.4, -0.2) is 4.98 Å². The minimum absolute atomic E-state index is 0.952. The zero-order valence-electron chi connectivity index (χ0n) is 10.0. The maximum absolute atomic E-state index is 4.59. The van der Waals surface area contributed by atoms with Gasteiger partial charge in [0.2, 0.25) is 0 Å². The number of hydrogen-bond acceptors (Lipinski definition) is 1. The third-order valence-corrected chi connectivity index (χ3v) is 3.51. The first-order valence-electron chi connectivity index (χ1n) is 6.42. The van der Waals surface area contributed by atoms with Crippen LogP contribution in [0.4, 0.5) is 0 Å². The van der Waals surface area contributed by atoms with E-state index in [0.717, 1.165) is 6.42 Å². The van der Waals surface area contributed by atoms with Gasteiger partial charge in [-0.1, -0.05) is 30.3 Å². The first-order valence-corrected chi connectivity index (χ1v) is 6.42. The van der Waals surface area contributed by atoms with Gasteiger partial charge in [-0.15, -0.1) is 0 Å². The molecule has 2 aromatic rings. The summed E-state index contributed by atoms with van der Waals surface area (Å²) in [6.07, 6.45) is 8.16. The average molecular weight is 223 g/mol. The van der Waals surface area contributed by atoms with Crippen LogP contribution in [0.2, 0.25) is 0 Å². The van der Waals surface area contributed by atoms with Crippen molar-refractivity contribution in [3.63, 3.8) is 0 Å². The molecule has 0 spiro atoms. The van der Waals surface area contributed by atoms with Crippen LogP contribution in [0.15, 0.2) is 42.6 Å². The van der Waals surface area contributed by atoms with E-state index < -0.39 is 0 Å². The highest BCUT2D eigenvalue weighted by atomic mass is 14.7. The first-order chi connectivity index (χ1) is 8.42. The highest BCUT2D eigenvalue weighted by molar-refractivity contribution is 5.31. The highest BCUT2D eigenvalue weighted by Crippen LogP contribution is 2.21. The smallest absolute Gasteiger partial charge is 0.0450 e. The Morgan fingerprint density at radius 1 is 0.941 bits per heavy atom. The fraction of sp³-hybridized carbons (Fsp3) is 0.312. The van der Waals surface area contributed by atoms with Crippen LogP contribution in [0, 0.1) is 0 Å². The summed E-state index contributed by atoms with van der Waals surface area (Å²) in [5, 5.41) is 0. The minimum atomic E-state index is 0.952. The summed E-state index contributed by atoms with van der Waals surface area (Å²) in [5.41, 5.74) is 5.54. The highest BCUT2D eigenvalue weighted by Gasteiger charge is 2.10. The van der Waals surface area contributed by atoms with E-state index in [1.54, 1.807) is 0 Å². The largest absolute Gasteiger partial charge is 0.261 e. The topological polar surface area (TPSA) is 12.9 Å². The molecule has 1 heterocycles. The Hall–Kier alpha value is -1.63. The molecule has 17 heavy (non-hydrogen) atoms. The number of rotatable bonds is 2. The van der Waals surface area contributed by atoms with Gasteiger partial charge in [-0.25, -0.2) is 0 Å². The predicted octanol–water partition coefficient (Wildman–Crippen LogP) is 3.55. The van der Waals surface area contributed by atoms with Gasteiger partial charge in [-0.05, 0) is 48.4 Å². The number of fused-ring (bicyclic) bond motifs is 1. The molecule has 0 N–H and O–H groups in total. The van der Waals surface area contributed by atoms with E-state index in [1.807, 2.05) is 0 Å². The van der Waals surface area contributed by atoms with Crippen LogP contribution in [0.5, 0.6) is 0 Å². The van der Waals surface area contributed by atoms with Crippen molar-refractivity contribution in [2.75, 3.05) is 0 Å². The molecule has 1 aromatic carbocycles. The minimum Gasteiger partial charge on any atom is -0.261 e. The molecule has 0 bridgehead atoms. The summed E-state index contributed by atoms with van der Waals surface area (Å²) in [6.45, 7) is 0. The Morgan fingerprint density at radius 2 is 1.71 bits per heavy atom. The van der Waals surface area contributed by atoms with Gasteiger partial charge in [0.25, 0.3) is 0 Å². The van der Waals surface area contributed by atoms with Crippen molar-refractivity contribution in [3.05, 3.63) is 65.0 Å². The summed E-state index contributed by atoms with van der Waals surface area (Å²) in [4.78, 5) is 4.59. The normalized spacial score (nSPS) is 14.4. The molecular formula is C16H17N. The van der Waals surface area contributed by atoms with E-state index in [0.29, 0.717) is 0 Å². The monoisotopic (exact) mass is 223 g/mol. The number of benzene rings is 1. The number of nitrogens with zero attached hydrogens (tertiary/aromatic N) is 1. The maximum Gasteiger partial charge on any atom is 0.0450 e. The third kappa shape index (κ3) is 2.38. The van der Waals surface area contributed by atoms with Gasteiger partial charge < -0.3 is 0 Å². The van der Waals surface area contributed by atoms with E-state index in [1.165, 1.54) is 48.1 Å². The second-order valence-corrected chi connectivity index (χ2v) is 4.81. The fourth-order valence-corrected chi connectivity index (χ4v) is 2.57. The zero-order chi connectivity index (χ0) is 11.5. The van der Waals surface area contributed by atoms with Crippen LogP contribution in [0.25, 0.3) is 0 Å². The molecule has 1 nitrogen and oxygen atoms in total. The molecule has 86 valence electrons. The van der Waals surface area contributed by atoms with E-state index in [-0.39, 0.29) is 0 Å². The van der Waals surface area contributed by atoms with Gasteiger partial charge >= 0.3 is 0 Å². The first kappa shape index (κ1) is 10.5.